The van der Waals surface area contributed by atoms with Crippen LogP contribution in [-0.4, -0.2) is 21.1 Å². The molecule has 5 heteroatoms. The Morgan fingerprint density at radius 3 is 2.69 bits per heavy atom. The highest BCUT2D eigenvalue weighted by Gasteiger charge is 2.56. The monoisotopic (exact) mass is 217 g/mol. The molecular formula is C8H5Cl2NO2. The van der Waals surface area contributed by atoms with Crippen LogP contribution in [-0.2, 0) is 9.59 Å². The minimum absolute atomic E-state index is 0.470. The van der Waals surface area contributed by atoms with Crippen molar-refractivity contribution < 1.29 is 9.59 Å². The normalized spacial score (nSPS) is 37.1. The maximum absolute atomic E-state index is 11.4. The lowest BCUT2D eigenvalue weighted by atomic mass is 9.90. The van der Waals surface area contributed by atoms with Gasteiger partial charge in [0.05, 0.1) is 5.92 Å². The number of imide groups is 1. The number of hydrogen-bond donors (Lipinski definition) is 0. The van der Waals surface area contributed by atoms with Gasteiger partial charge in [0, 0.05) is 11.8 Å². The van der Waals surface area contributed by atoms with E-state index >= 15 is 0 Å². The Kier molecular flexibility index (Phi) is 1.75. The molecule has 0 spiro atoms. The van der Waals surface area contributed by atoms with E-state index in [9.17, 15) is 9.59 Å². The van der Waals surface area contributed by atoms with Gasteiger partial charge in [-0.2, -0.15) is 4.42 Å². The average molecular weight is 218 g/mol. The number of nitrogens with zero attached hydrogens (tertiary/aromatic N) is 1. The molecule has 0 saturated carbocycles. The van der Waals surface area contributed by atoms with Crippen LogP contribution in [0, 0.1) is 5.92 Å². The van der Waals surface area contributed by atoms with Crippen LogP contribution in [0.1, 0.15) is 0 Å². The molecule has 1 aliphatic heterocycles. The Bertz CT molecular complexity index is 350. The van der Waals surface area contributed by atoms with Gasteiger partial charge in [0.15, 0.2) is 4.87 Å². The summed E-state index contributed by atoms with van der Waals surface area (Å²) < 4.78 is 0.553. The van der Waals surface area contributed by atoms with E-state index < -0.39 is 22.6 Å². The van der Waals surface area contributed by atoms with Gasteiger partial charge >= 0.3 is 0 Å². The number of fused-ring (bicyclic) bond motifs is 1. The number of carbonyl (C=O) groups excluding carboxylic acids is 2. The molecule has 2 unspecified atom stereocenters. The molecule has 2 aliphatic rings. The lowest BCUT2D eigenvalue weighted by Gasteiger charge is -2.19. The van der Waals surface area contributed by atoms with Gasteiger partial charge in [0.25, 0.3) is 11.8 Å². The molecule has 0 bridgehead atoms. The van der Waals surface area contributed by atoms with E-state index in [1.807, 2.05) is 0 Å². The molecule has 2 amide bonds. The molecule has 0 aromatic heterocycles. The quantitative estimate of drug-likeness (QED) is 0.348. The highest BCUT2D eigenvalue weighted by molar-refractivity contribution is 6.47. The van der Waals surface area contributed by atoms with Gasteiger partial charge in [-0.25, -0.2) is 0 Å². The first-order valence-electron chi connectivity index (χ1n) is 3.66. The van der Waals surface area contributed by atoms with Crippen molar-refractivity contribution in [3.8, 4) is 0 Å². The zero-order valence-corrected chi connectivity index (χ0v) is 7.92. The van der Waals surface area contributed by atoms with Crippen LogP contribution in [0.25, 0.3) is 0 Å². The second-order valence-corrected chi connectivity index (χ2v) is 3.88. The van der Waals surface area contributed by atoms with Crippen LogP contribution >= 0.6 is 23.4 Å². The largest absolute Gasteiger partial charge is 0.272 e. The van der Waals surface area contributed by atoms with Crippen molar-refractivity contribution in [2.45, 2.75) is 4.87 Å². The third-order valence-corrected chi connectivity index (χ3v) is 3.01. The molecule has 0 aromatic carbocycles. The van der Waals surface area contributed by atoms with Crippen molar-refractivity contribution in [3.63, 3.8) is 0 Å². The van der Waals surface area contributed by atoms with Crippen molar-refractivity contribution in [2.75, 3.05) is 0 Å². The van der Waals surface area contributed by atoms with Crippen LogP contribution in [0.3, 0.4) is 0 Å². The van der Waals surface area contributed by atoms with Gasteiger partial charge in [-0.15, -0.1) is 11.6 Å². The Labute approximate surface area is 84.7 Å². The minimum Gasteiger partial charge on any atom is -0.272 e. The number of carbonyl (C=O) groups is 2. The topological polar surface area (TPSA) is 37.4 Å². The fraction of sp³-hybridized carbons (Fsp3) is 0.250. The maximum atomic E-state index is 11.4. The Morgan fingerprint density at radius 1 is 1.38 bits per heavy atom. The molecule has 0 aromatic rings. The number of alkyl halides is 1. The van der Waals surface area contributed by atoms with E-state index in [0.717, 1.165) is 0 Å². The van der Waals surface area contributed by atoms with Crippen molar-refractivity contribution in [1.82, 2.24) is 4.42 Å². The van der Waals surface area contributed by atoms with Crippen LogP contribution in [0.5, 0.6) is 0 Å². The predicted octanol–water partition coefficient (Wildman–Crippen LogP) is 1.23. The van der Waals surface area contributed by atoms with E-state index in [4.69, 9.17) is 23.4 Å². The lowest BCUT2D eigenvalue weighted by Crippen LogP contribution is -2.34. The molecule has 0 N–H and O–H groups in total. The molecule has 1 fully saturated rings. The summed E-state index contributed by atoms with van der Waals surface area (Å²) in [5.41, 5.74) is 0. The third-order valence-electron chi connectivity index (χ3n) is 2.17. The smallest absolute Gasteiger partial charge is 0.270 e. The number of hydrogen-bond acceptors (Lipinski definition) is 2. The van der Waals surface area contributed by atoms with Gasteiger partial charge in [-0.3, -0.25) is 9.59 Å². The zero-order chi connectivity index (χ0) is 9.64. The minimum atomic E-state index is -1.30. The molecule has 1 aliphatic carbocycles. The van der Waals surface area contributed by atoms with Gasteiger partial charge in [0.1, 0.15) is 0 Å². The Morgan fingerprint density at radius 2 is 2.08 bits per heavy atom. The second kappa shape index (κ2) is 2.59. The lowest BCUT2D eigenvalue weighted by molar-refractivity contribution is -0.133. The van der Waals surface area contributed by atoms with Crippen molar-refractivity contribution in [1.29, 1.82) is 0 Å². The van der Waals surface area contributed by atoms with E-state index in [1.54, 1.807) is 18.2 Å². The average Bonchev–Trinajstić information content (AvgIpc) is 2.29. The van der Waals surface area contributed by atoms with Gasteiger partial charge in [-0.05, 0) is 0 Å². The summed E-state index contributed by atoms with van der Waals surface area (Å²) in [5, 5.41) is 0. The fourth-order valence-corrected chi connectivity index (χ4v) is 2.07. The third kappa shape index (κ3) is 0.974. The number of allylic oxidation sites excluding steroid dienone is 2. The number of rotatable bonds is 0. The number of halogens is 2. The molecule has 13 heavy (non-hydrogen) atoms. The first-order chi connectivity index (χ1) is 6.07. The summed E-state index contributed by atoms with van der Waals surface area (Å²) in [5.74, 6) is -1.71. The van der Waals surface area contributed by atoms with E-state index in [0.29, 0.717) is 4.42 Å². The zero-order valence-electron chi connectivity index (χ0n) is 6.41. The van der Waals surface area contributed by atoms with E-state index in [1.165, 1.54) is 6.08 Å². The SMILES string of the molecule is O=C1C2C=CC=CC2(Cl)C(=O)N1Cl. The van der Waals surface area contributed by atoms with Gasteiger partial charge < -0.3 is 0 Å². The Hall–Kier alpha value is -0.800. The van der Waals surface area contributed by atoms with Crippen LogP contribution in [0.15, 0.2) is 24.3 Å². The van der Waals surface area contributed by atoms with Crippen molar-refractivity contribution in [2.24, 2.45) is 5.92 Å². The highest BCUT2D eigenvalue weighted by atomic mass is 35.5. The summed E-state index contributed by atoms with van der Waals surface area (Å²) in [6.07, 6.45) is 6.37. The summed E-state index contributed by atoms with van der Waals surface area (Å²) in [7, 11) is 0. The summed E-state index contributed by atoms with van der Waals surface area (Å²) in [6.45, 7) is 0. The van der Waals surface area contributed by atoms with E-state index in [2.05, 4.69) is 0 Å². The molecule has 2 atom stereocenters. The molecule has 2 rings (SSSR count). The van der Waals surface area contributed by atoms with Gasteiger partial charge in [0.2, 0.25) is 0 Å². The molecular weight excluding hydrogens is 213 g/mol. The van der Waals surface area contributed by atoms with Crippen molar-refractivity contribution in [3.05, 3.63) is 24.3 Å². The van der Waals surface area contributed by atoms with Crippen molar-refractivity contribution >= 4 is 35.2 Å². The molecule has 68 valence electrons. The van der Waals surface area contributed by atoms with Gasteiger partial charge in [-0.1, -0.05) is 24.3 Å². The Balaban J connectivity index is 2.52. The maximum Gasteiger partial charge on any atom is 0.270 e. The molecule has 1 heterocycles. The summed E-state index contributed by atoms with van der Waals surface area (Å²) in [6, 6.07) is 0. The highest BCUT2D eigenvalue weighted by Crippen LogP contribution is 2.40. The fourth-order valence-electron chi connectivity index (χ4n) is 1.45. The first kappa shape index (κ1) is 8.78. The standard InChI is InChI=1S/C8H5Cl2NO2/c9-8-4-2-1-3-5(8)6(12)11(10)7(8)13/h1-5H. The molecule has 0 radical (unpaired) electrons. The predicted molar refractivity (Wildman–Crippen MR) is 48.1 cm³/mol. The van der Waals surface area contributed by atoms with Crippen LogP contribution < -0.4 is 0 Å². The summed E-state index contributed by atoms with van der Waals surface area (Å²) in [4.78, 5) is 21.5. The molecule has 3 nitrogen and oxygen atoms in total. The number of amides is 2. The van der Waals surface area contributed by atoms with Crippen LogP contribution in [0.2, 0.25) is 0 Å². The van der Waals surface area contributed by atoms with Crippen LogP contribution in [0.4, 0.5) is 0 Å². The molecule has 1 saturated heterocycles. The summed E-state index contributed by atoms with van der Waals surface area (Å²) >= 11 is 11.4. The van der Waals surface area contributed by atoms with E-state index in [-0.39, 0.29) is 0 Å². The first-order valence-corrected chi connectivity index (χ1v) is 4.38. The second-order valence-electron chi connectivity index (χ2n) is 2.91.